The van der Waals surface area contributed by atoms with Crippen LogP contribution in [0.5, 0.6) is 0 Å². The van der Waals surface area contributed by atoms with Crippen molar-refractivity contribution in [3.63, 3.8) is 0 Å². The van der Waals surface area contributed by atoms with E-state index in [9.17, 15) is 4.79 Å². The molecule has 4 rings (SSSR count). The van der Waals surface area contributed by atoms with Crippen molar-refractivity contribution in [3.05, 3.63) is 42.7 Å². The molecule has 1 saturated carbocycles. The molecule has 2 heterocycles. The average Bonchev–Trinajstić information content (AvgIpc) is 3.16. The molecule has 1 aromatic carbocycles. The number of nitrogens with two attached hydrogens (primary N) is 1. The normalized spacial score (nSPS) is 30.2. The third-order valence-corrected chi connectivity index (χ3v) is 5.95. The zero-order valence-corrected chi connectivity index (χ0v) is 14.6. The molecule has 25 heavy (non-hydrogen) atoms. The first-order valence-electron chi connectivity index (χ1n) is 8.76. The molecule has 3 unspecified atom stereocenters. The molecule has 2 aromatic rings. The first-order chi connectivity index (χ1) is 11.9. The minimum Gasteiger partial charge on any atom is -0.377 e. The first kappa shape index (κ1) is 16.3. The third kappa shape index (κ3) is 2.32. The quantitative estimate of drug-likeness (QED) is 0.898. The van der Waals surface area contributed by atoms with E-state index in [-0.39, 0.29) is 23.3 Å². The Morgan fingerprint density at radius 3 is 2.80 bits per heavy atom. The van der Waals surface area contributed by atoms with Crippen molar-refractivity contribution in [1.29, 1.82) is 0 Å². The lowest BCUT2D eigenvalue weighted by Crippen LogP contribution is -2.81. The first-order valence-corrected chi connectivity index (χ1v) is 8.76. The highest BCUT2D eigenvalue weighted by molar-refractivity contribution is 6.00. The maximum absolute atomic E-state index is 13.0. The van der Waals surface area contributed by atoms with Crippen LogP contribution in [0.1, 0.15) is 26.7 Å². The maximum atomic E-state index is 13.0. The zero-order valence-electron chi connectivity index (χ0n) is 14.6. The molecule has 3 atom stereocenters. The van der Waals surface area contributed by atoms with Gasteiger partial charge in [-0.3, -0.25) is 4.79 Å². The van der Waals surface area contributed by atoms with Crippen LogP contribution in [0.2, 0.25) is 0 Å². The Bertz CT molecular complexity index is 769. The molecule has 6 heteroatoms. The summed E-state index contributed by atoms with van der Waals surface area (Å²) in [6.07, 6.45) is 5.58. The number of nitrogens with zero attached hydrogens (tertiary/aromatic N) is 2. The molecule has 1 aliphatic heterocycles. The summed E-state index contributed by atoms with van der Waals surface area (Å²) in [5, 5.41) is 7.19. The predicted octanol–water partition coefficient (Wildman–Crippen LogP) is 2.34. The largest absolute Gasteiger partial charge is 0.377 e. The maximum Gasteiger partial charge on any atom is 0.245 e. The standard InChI is InChI=1S/C19H24N4O2/c1-18(2)16-15(5-3-12-25-16)19(18,20)17(24)22-13-6-8-14(9-7-13)23-11-4-10-21-23/h4,6-11,15-16H,3,5,12,20H2,1-2H3,(H,22,24). The SMILES string of the molecule is CC1(C)C2OCCCC2C1(N)C(=O)Nc1ccc(-n2cccn2)cc1. The van der Waals surface area contributed by atoms with E-state index < -0.39 is 5.54 Å². The molecule has 1 saturated heterocycles. The molecule has 1 amide bonds. The molecule has 0 bridgehead atoms. The number of carbonyl (C=O) groups is 1. The summed E-state index contributed by atoms with van der Waals surface area (Å²) in [4.78, 5) is 13.0. The van der Waals surface area contributed by atoms with Gasteiger partial charge >= 0.3 is 0 Å². The minimum absolute atomic E-state index is 0.0687. The molecule has 6 nitrogen and oxygen atoms in total. The number of fused-ring (bicyclic) bond motifs is 1. The topological polar surface area (TPSA) is 82.2 Å². The van der Waals surface area contributed by atoms with Crippen molar-refractivity contribution in [2.24, 2.45) is 17.1 Å². The second-order valence-electron chi connectivity index (χ2n) is 7.58. The van der Waals surface area contributed by atoms with Crippen molar-refractivity contribution in [1.82, 2.24) is 9.78 Å². The van der Waals surface area contributed by atoms with E-state index >= 15 is 0 Å². The van der Waals surface area contributed by atoms with Gasteiger partial charge in [0, 0.05) is 36.0 Å². The lowest BCUT2D eigenvalue weighted by atomic mass is 9.46. The van der Waals surface area contributed by atoms with Gasteiger partial charge in [0.25, 0.3) is 0 Å². The lowest BCUT2D eigenvalue weighted by Gasteiger charge is -2.65. The average molecular weight is 340 g/mol. The van der Waals surface area contributed by atoms with Gasteiger partial charge in [-0.15, -0.1) is 0 Å². The summed E-state index contributed by atoms with van der Waals surface area (Å²) in [7, 11) is 0. The molecular weight excluding hydrogens is 316 g/mol. The Kier molecular flexibility index (Phi) is 3.70. The van der Waals surface area contributed by atoms with E-state index in [1.54, 1.807) is 10.9 Å². The summed E-state index contributed by atoms with van der Waals surface area (Å²) in [5.74, 6) is -0.0457. The molecule has 1 aliphatic carbocycles. The second-order valence-corrected chi connectivity index (χ2v) is 7.58. The van der Waals surface area contributed by atoms with Crippen molar-refractivity contribution in [2.45, 2.75) is 38.3 Å². The summed E-state index contributed by atoms with van der Waals surface area (Å²) in [6.45, 7) is 4.82. The number of benzene rings is 1. The van der Waals surface area contributed by atoms with E-state index in [0.717, 1.165) is 30.8 Å². The molecule has 2 fully saturated rings. The van der Waals surface area contributed by atoms with E-state index in [2.05, 4.69) is 10.4 Å². The van der Waals surface area contributed by atoms with Crippen molar-refractivity contribution in [3.8, 4) is 5.69 Å². The van der Waals surface area contributed by atoms with Gasteiger partial charge in [-0.1, -0.05) is 13.8 Å². The van der Waals surface area contributed by atoms with Crippen molar-refractivity contribution >= 4 is 11.6 Å². The van der Waals surface area contributed by atoms with Crippen LogP contribution in [0.3, 0.4) is 0 Å². The predicted molar refractivity (Wildman–Crippen MR) is 95.4 cm³/mol. The fraction of sp³-hybridized carbons (Fsp3) is 0.474. The lowest BCUT2D eigenvalue weighted by molar-refractivity contribution is -0.222. The number of nitrogens with one attached hydrogen (secondary N) is 1. The number of hydrogen-bond donors (Lipinski definition) is 2. The van der Waals surface area contributed by atoms with Gasteiger partial charge in [-0.2, -0.15) is 5.10 Å². The summed E-state index contributed by atoms with van der Waals surface area (Å²) >= 11 is 0. The van der Waals surface area contributed by atoms with Crippen LogP contribution in [0.15, 0.2) is 42.7 Å². The summed E-state index contributed by atoms with van der Waals surface area (Å²) < 4.78 is 7.65. The number of rotatable bonds is 3. The monoisotopic (exact) mass is 340 g/mol. The van der Waals surface area contributed by atoms with Gasteiger partial charge in [-0.25, -0.2) is 4.68 Å². The number of amides is 1. The Morgan fingerprint density at radius 2 is 2.12 bits per heavy atom. The minimum atomic E-state index is -0.904. The van der Waals surface area contributed by atoms with E-state index in [1.165, 1.54) is 0 Å². The van der Waals surface area contributed by atoms with Gasteiger partial charge in [-0.05, 0) is 43.2 Å². The van der Waals surface area contributed by atoms with E-state index in [0.29, 0.717) is 0 Å². The second kappa shape index (κ2) is 5.68. The molecule has 2 aliphatic rings. The van der Waals surface area contributed by atoms with Gasteiger partial charge in [0.2, 0.25) is 5.91 Å². The summed E-state index contributed by atoms with van der Waals surface area (Å²) in [5.41, 5.74) is 7.02. The zero-order chi connectivity index (χ0) is 17.7. The van der Waals surface area contributed by atoms with Crippen LogP contribution in [0.4, 0.5) is 5.69 Å². The Morgan fingerprint density at radius 1 is 1.36 bits per heavy atom. The Hall–Kier alpha value is -2.18. The Balaban J connectivity index is 1.52. The van der Waals surface area contributed by atoms with Crippen LogP contribution in [0, 0.1) is 11.3 Å². The number of hydrogen-bond acceptors (Lipinski definition) is 4. The van der Waals surface area contributed by atoms with Gasteiger partial charge in [0.05, 0.1) is 11.8 Å². The van der Waals surface area contributed by atoms with Crippen molar-refractivity contribution in [2.75, 3.05) is 11.9 Å². The molecule has 3 N–H and O–H groups in total. The van der Waals surface area contributed by atoms with Crippen LogP contribution in [-0.2, 0) is 9.53 Å². The number of aromatic nitrogens is 2. The van der Waals surface area contributed by atoms with Gasteiger partial charge in [0.1, 0.15) is 5.54 Å². The molecule has 132 valence electrons. The number of carbonyl (C=O) groups excluding carboxylic acids is 1. The highest BCUT2D eigenvalue weighted by atomic mass is 16.5. The van der Waals surface area contributed by atoms with Crippen LogP contribution < -0.4 is 11.1 Å². The molecule has 1 aromatic heterocycles. The highest BCUT2D eigenvalue weighted by Gasteiger charge is 2.70. The number of anilines is 1. The fourth-order valence-corrected chi connectivity index (χ4v) is 4.39. The number of ether oxygens (including phenoxy) is 1. The fourth-order valence-electron chi connectivity index (χ4n) is 4.39. The van der Waals surface area contributed by atoms with Crippen molar-refractivity contribution < 1.29 is 9.53 Å². The van der Waals surface area contributed by atoms with Gasteiger partial charge < -0.3 is 15.8 Å². The smallest absolute Gasteiger partial charge is 0.245 e. The van der Waals surface area contributed by atoms with Crippen LogP contribution >= 0.6 is 0 Å². The van der Waals surface area contributed by atoms with Crippen LogP contribution in [-0.4, -0.2) is 33.9 Å². The third-order valence-electron chi connectivity index (χ3n) is 5.95. The van der Waals surface area contributed by atoms with E-state index in [4.69, 9.17) is 10.5 Å². The molecule has 0 spiro atoms. The van der Waals surface area contributed by atoms with E-state index in [1.807, 2.05) is 50.4 Å². The molecule has 0 radical (unpaired) electrons. The molecular formula is C19H24N4O2. The van der Waals surface area contributed by atoms with Crippen LogP contribution in [0.25, 0.3) is 5.69 Å². The Labute approximate surface area is 147 Å². The summed E-state index contributed by atoms with van der Waals surface area (Å²) in [6, 6.07) is 9.46. The van der Waals surface area contributed by atoms with Gasteiger partial charge in [0.15, 0.2) is 0 Å². The highest BCUT2D eigenvalue weighted by Crippen LogP contribution is 2.57.